The van der Waals surface area contributed by atoms with E-state index < -0.39 is 0 Å². The summed E-state index contributed by atoms with van der Waals surface area (Å²) >= 11 is 0. The molecule has 0 radical (unpaired) electrons. The number of amides is 1. The van der Waals surface area contributed by atoms with Crippen LogP contribution in [0.2, 0.25) is 0 Å². The van der Waals surface area contributed by atoms with Crippen LogP contribution in [-0.4, -0.2) is 28.0 Å². The summed E-state index contributed by atoms with van der Waals surface area (Å²) in [6.07, 6.45) is 5.58. The molecule has 6 nitrogen and oxygen atoms in total. The van der Waals surface area contributed by atoms with Crippen molar-refractivity contribution in [2.75, 3.05) is 0 Å². The number of nitrogens with zero attached hydrogens (tertiary/aromatic N) is 2. The minimum Gasteiger partial charge on any atom is -0.489 e. The Bertz CT molecular complexity index is 958. The maximum absolute atomic E-state index is 12.6. The third-order valence-corrected chi connectivity index (χ3v) is 5.02. The first-order valence-electron chi connectivity index (χ1n) is 9.35. The van der Waals surface area contributed by atoms with E-state index in [0.717, 1.165) is 42.6 Å². The van der Waals surface area contributed by atoms with Crippen molar-refractivity contribution in [3.8, 4) is 5.75 Å². The van der Waals surface area contributed by atoms with Crippen molar-refractivity contribution in [3.05, 3.63) is 53.7 Å². The number of pyridine rings is 1. The fourth-order valence-electron chi connectivity index (χ4n) is 3.55. The normalized spacial score (nSPS) is 19.8. The second-order valence-corrected chi connectivity index (χ2v) is 7.07. The Morgan fingerprint density at radius 2 is 2.00 bits per heavy atom. The van der Waals surface area contributed by atoms with Gasteiger partial charge in [-0.05, 0) is 62.9 Å². The number of rotatable bonds is 4. The van der Waals surface area contributed by atoms with Crippen molar-refractivity contribution in [1.29, 1.82) is 0 Å². The summed E-state index contributed by atoms with van der Waals surface area (Å²) in [4.78, 5) is 21.1. The monoisotopic (exact) mass is 365 g/mol. The van der Waals surface area contributed by atoms with E-state index in [1.807, 2.05) is 25.1 Å². The summed E-state index contributed by atoms with van der Waals surface area (Å²) in [5.41, 5.74) is 2.92. The standard InChI is InChI=1S/C21H23N3O3/c1-13-19(4-3-11-22-13)27-17-8-6-16(7-9-17)24-21(25)15-5-10-18-20(12-15)26-14(2)23-18/h3-5,10-12,16-17H,6-9H2,1-2H3,(H,24,25). The number of carbonyl (C=O) groups excluding carboxylic acids is 1. The lowest BCUT2D eigenvalue weighted by atomic mass is 9.92. The molecule has 27 heavy (non-hydrogen) atoms. The first kappa shape index (κ1) is 17.5. The Kier molecular flexibility index (Phi) is 4.79. The van der Waals surface area contributed by atoms with E-state index in [4.69, 9.17) is 9.15 Å². The average molecular weight is 365 g/mol. The van der Waals surface area contributed by atoms with E-state index in [1.165, 1.54) is 0 Å². The number of carbonyl (C=O) groups is 1. The molecule has 1 aliphatic carbocycles. The molecule has 1 aliphatic rings. The summed E-state index contributed by atoms with van der Waals surface area (Å²) < 4.78 is 11.6. The highest BCUT2D eigenvalue weighted by molar-refractivity contribution is 5.97. The van der Waals surface area contributed by atoms with Gasteiger partial charge in [0, 0.05) is 24.7 Å². The van der Waals surface area contributed by atoms with Crippen molar-refractivity contribution >= 4 is 17.0 Å². The van der Waals surface area contributed by atoms with Crippen molar-refractivity contribution < 1.29 is 13.9 Å². The molecular weight excluding hydrogens is 342 g/mol. The third kappa shape index (κ3) is 3.94. The molecule has 4 rings (SSSR count). The minimum atomic E-state index is -0.0709. The Hall–Kier alpha value is -2.89. The highest BCUT2D eigenvalue weighted by atomic mass is 16.5. The molecule has 1 saturated carbocycles. The third-order valence-electron chi connectivity index (χ3n) is 5.02. The maximum atomic E-state index is 12.6. The molecule has 1 amide bonds. The first-order valence-corrected chi connectivity index (χ1v) is 9.35. The SMILES string of the molecule is Cc1nc2ccc(C(=O)NC3CCC(Oc4cccnc4C)CC3)cc2o1. The van der Waals surface area contributed by atoms with Crippen LogP contribution in [-0.2, 0) is 0 Å². The van der Waals surface area contributed by atoms with Crippen LogP contribution >= 0.6 is 0 Å². The molecule has 0 saturated heterocycles. The van der Waals surface area contributed by atoms with E-state index in [1.54, 1.807) is 25.3 Å². The molecule has 1 aromatic carbocycles. The van der Waals surface area contributed by atoms with Crippen molar-refractivity contribution in [2.45, 2.75) is 51.7 Å². The smallest absolute Gasteiger partial charge is 0.251 e. The van der Waals surface area contributed by atoms with E-state index in [-0.39, 0.29) is 18.1 Å². The van der Waals surface area contributed by atoms with Gasteiger partial charge in [-0.15, -0.1) is 0 Å². The van der Waals surface area contributed by atoms with Gasteiger partial charge in [0.05, 0.1) is 11.8 Å². The highest BCUT2D eigenvalue weighted by Crippen LogP contribution is 2.25. The Balaban J connectivity index is 1.33. The molecule has 2 aromatic heterocycles. The van der Waals surface area contributed by atoms with Gasteiger partial charge in [-0.2, -0.15) is 0 Å². The summed E-state index contributed by atoms with van der Waals surface area (Å²) in [7, 11) is 0. The summed E-state index contributed by atoms with van der Waals surface area (Å²) in [5, 5.41) is 3.13. The molecule has 3 aromatic rings. The van der Waals surface area contributed by atoms with Gasteiger partial charge in [0.25, 0.3) is 5.91 Å². The van der Waals surface area contributed by atoms with E-state index in [9.17, 15) is 4.79 Å². The molecule has 1 N–H and O–H groups in total. The van der Waals surface area contributed by atoms with Gasteiger partial charge >= 0.3 is 0 Å². The predicted molar refractivity (Wildman–Crippen MR) is 102 cm³/mol. The second-order valence-electron chi connectivity index (χ2n) is 7.07. The van der Waals surface area contributed by atoms with Crippen LogP contribution in [0, 0.1) is 13.8 Å². The Morgan fingerprint density at radius 3 is 2.78 bits per heavy atom. The number of nitrogens with one attached hydrogen (secondary N) is 1. The van der Waals surface area contributed by atoms with Gasteiger partial charge in [-0.1, -0.05) is 0 Å². The molecule has 0 bridgehead atoms. The Morgan fingerprint density at radius 1 is 1.19 bits per heavy atom. The minimum absolute atomic E-state index is 0.0709. The molecule has 0 spiro atoms. The van der Waals surface area contributed by atoms with E-state index >= 15 is 0 Å². The van der Waals surface area contributed by atoms with E-state index in [0.29, 0.717) is 17.0 Å². The number of aromatic nitrogens is 2. The van der Waals surface area contributed by atoms with Gasteiger partial charge < -0.3 is 14.5 Å². The van der Waals surface area contributed by atoms with Crippen LogP contribution < -0.4 is 10.1 Å². The average Bonchev–Trinajstić information content (AvgIpc) is 3.04. The maximum Gasteiger partial charge on any atom is 0.251 e. The van der Waals surface area contributed by atoms with Gasteiger partial charge in [-0.25, -0.2) is 4.98 Å². The number of benzene rings is 1. The van der Waals surface area contributed by atoms with Crippen LogP contribution in [0.5, 0.6) is 5.75 Å². The number of aryl methyl sites for hydroxylation is 2. The predicted octanol–water partition coefficient (Wildman–Crippen LogP) is 3.96. The summed E-state index contributed by atoms with van der Waals surface area (Å²) in [6, 6.07) is 9.38. The fourth-order valence-corrected chi connectivity index (χ4v) is 3.55. The number of hydrogen-bond acceptors (Lipinski definition) is 5. The van der Waals surface area contributed by atoms with Gasteiger partial charge in [0.2, 0.25) is 0 Å². The largest absolute Gasteiger partial charge is 0.489 e. The van der Waals surface area contributed by atoms with Crippen LogP contribution in [0.3, 0.4) is 0 Å². The molecule has 0 aliphatic heterocycles. The van der Waals surface area contributed by atoms with Gasteiger partial charge in [0.1, 0.15) is 11.3 Å². The Labute approximate surface area is 158 Å². The second kappa shape index (κ2) is 7.39. The van der Waals surface area contributed by atoms with Crippen molar-refractivity contribution in [3.63, 3.8) is 0 Å². The quantitative estimate of drug-likeness (QED) is 0.757. The van der Waals surface area contributed by atoms with Crippen LogP contribution in [0.4, 0.5) is 0 Å². The van der Waals surface area contributed by atoms with Crippen molar-refractivity contribution in [1.82, 2.24) is 15.3 Å². The summed E-state index contributed by atoms with van der Waals surface area (Å²) in [6.45, 7) is 3.75. The lowest BCUT2D eigenvalue weighted by molar-refractivity contribution is 0.0893. The molecule has 1 fully saturated rings. The molecule has 2 heterocycles. The zero-order valence-electron chi connectivity index (χ0n) is 15.6. The zero-order valence-corrected chi connectivity index (χ0v) is 15.6. The zero-order chi connectivity index (χ0) is 18.8. The topological polar surface area (TPSA) is 77.2 Å². The first-order chi connectivity index (χ1) is 13.1. The molecular formula is C21H23N3O3. The lowest BCUT2D eigenvalue weighted by Gasteiger charge is -2.29. The van der Waals surface area contributed by atoms with Gasteiger partial charge in [0.15, 0.2) is 11.5 Å². The van der Waals surface area contributed by atoms with Crippen molar-refractivity contribution in [2.24, 2.45) is 0 Å². The number of fused-ring (bicyclic) bond motifs is 1. The summed E-state index contributed by atoms with van der Waals surface area (Å²) in [5.74, 6) is 1.38. The number of ether oxygens (including phenoxy) is 1. The molecule has 140 valence electrons. The van der Waals surface area contributed by atoms with E-state index in [2.05, 4.69) is 15.3 Å². The van der Waals surface area contributed by atoms with Crippen LogP contribution in [0.1, 0.15) is 47.6 Å². The van der Waals surface area contributed by atoms with Gasteiger partial charge in [-0.3, -0.25) is 9.78 Å². The molecule has 0 unspecified atom stereocenters. The lowest BCUT2D eigenvalue weighted by Crippen LogP contribution is -2.39. The molecule has 0 atom stereocenters. The highest BCUT2D eigenvalue weighted by Gasteiger charge is 2.24. The van der Waals surface area contributed by atoms with Crippen LogP contribution in [0.15, 0.2) is 40.9 Å². The number of oxazole rings is 1. The van der Waals surface area contributed by atoms with Crippen LogP contribution in [0.25, 0.3) is 11.1 Å². The fraction of sp³-hybridized carbons (Fsp3) is 0.381. The number of hydrogen-bond donors (Lipinski definition) is 1. The molecule has 6 heteroatoms.